The maximum atomic E-state index is 12.7. The second-order valence-corrected chi connectivity index (χ2v) is 8.10. The summed E-state index contributed by atoms with van der Waals surface area (Å²) in [6.07, 6.45) is 2.43. The molecule has 0 aliphatic carbocycles. The molecule has 1 unspecified atom stereocenters. The topological polar surface area (TPSA) is 56.6 Å². The lowest BCUT2D eigenvalue weighted by Gasteiger charge is -2.49. The summed E-state index contributed by atoms with van der Waals surface area (Å²) < 4.78 is 6.27. The molecule has 2 saturated heterocycles. The first-order chi connectivity index (χ1) is 14.1. The molecule has 0 aromatic heterocycles. The molecule has 150 valence electrons. The number of morpholine rings is 1. The molecule has 2 fully saturated rings. The van der Waals surface area contributed by atoms with Crippen molar-refractivity contribution < 1.29 is 9.53 Å². The predicted octanol–water partition coefficient (Wildman–Crippen LogP) is 3.39. The number of rotatable bonds is 4. The minimum atomic E-state index is -0.408. The SMILES string of the molecule is CC1OC2(CCN(CCc3ccc(C#N)cc3)CC2)CN(c2ccccc2)C1=O. The Bertz CT molecular complexity index is 881. The molecule has 2 heterocycles. The monoisotopic (exact) mass is 389 g/mol. The molecule has 2 aromatic carbocycles. The van der Waals surface area contributed by atoms with Gasteiger partial charge in [0.1, 0.15) is 6.10 Å². The molecular weight excluding hydrogens is 362 g/mol. The van der Waals surface area contributed by atoms with E-state index in [1.807, 2.05) is 66.4 Å². The van der Waals surface area contributed by atoms with Crippen LogP contribution in [0.2, 0.25) is 0 Å². The zero-order valence-electron chi connectivity index (χ0n) is 16.9. The molecule has 1 amide bonds. The molecule has 5 heteroatoms. The van der Waals surface area contributed by atoms with Gasteiger partial charge >= 0.3 is 0 Å². The molecule has 29 heavy (non-hydrogen) atoms. The van der Waals surface area contributed by atoms with Gasteiger partial charge in [0.2, 0.25) is 0 Å². The Hall–Kier alpha value is -2.68. The second-order valence-electron chi connectivity index (χ2n) is 8.10. The van der Waals surface area contributed by atoms with Gasteiger partial charge in [-0.1, -0.05) is 30.3 Å². The van der Waals surface area contributed by atoms with Crippen molar-refractivity contribution in [3.63, 3.8) is 0 Å². The van der Waals surface area contributed by atoms with Crippen molar-refractivity contribution in [1.82, 2.24) is 4.90 Å². The van der Waals surface area contributed by atoms with Gasteiger partial charge in [0, 0.05) is 25.3 Å². The van der Waals surface area contributed by atoms with Crippen LogP contribution in [0.3, 0.4) is 0 Å². The van der Waals surface area contributed by atoms with E-state index in [-0.39, 0.29) is 11.5 Å². The molecule has 1 atom stereocenters. The maximum absolute atomic E-state index is 12.7. The lowest BCUT2D eigenvalue weighted by Crippen LogP contribution is -2.61. The fraction of sp³-hybridized carbons (Fsp3) is 0.417. The van der Waals surface area contributed by atoms with Gasteiger partial charge in [-0.05, 0) is 56.0 Å². The Labute approximate surface area is 172 Å². The first-order valence-electron chi connectivity index (χ1n) is 10.3. The highest BCUT2D eigenvalue weighted by Gasteiger charge is 2.45. The van der Waals surface area contributed by atoms with Gasteiger partial charge in [-0.2, -0.15) is 5.26 Å². The van der Waals surface area contributed by atoms with E-state index in [0.717, 1.165) is 44.6 Å². The number of hydrogen-bond donors (Lipinski definition) is 0. The second kappa shape index (κ2) is 8.36. The summed E-state index contributed by atoms with van der Waals surface area (Å²) in [6, 6.07) is 19.9. The van der Waals surface area contributed by atoms with Crippen molar-refractivity contribution in [1.29, 1.82) is 5.26 Å². The predicted molar refractivity (Wildman–Crippen MR) is 113 cm³/mol. The van der Waals surface area contributed by atoms with Gasteiger partial charge in [0.15, 0.2) is 0 Å². The molecule has 2 aromatic rings. The molecule has 0 N–H and O–H groups in total. The summed E-state index contributed by atoms with van der Waals surface area (Å²) >= 11 is 0. The minimum Gasteiger partial charge on any atom is -0.360 e. The molecule has 0 saturated carbocycles. The average Bonchev–Trinajstić information content (AvgIpc) is 2.77. The van der Waals surface area contributed by atoms with Crippen LogP contribution in [0.25, 0.3) is 0 Å². The maximum Gasteiger partial charge on any atom is 0.255 e. The Morgan fingerprint density at radius 3 is 2.45 bits per heavy atom. The van der Waals surface area contributed by atoms with Crippen LogP contribution < -0.4 is 4.90 Å². The minimum absolute atomic E-state index is 0.0464. The van der Waals surface area contributed by atoms with E-state index >= 15 is 0 Å². The van der Waals surface area contributed by atoms with E-state index in [2.05, 4.69) is 11.0 Å². The zero-order valence-corrected chi connectivity index (χ0v) is 16.9. The van der Waals surface area contributed by atoms with Crippen LogP contribution in [-0.2, 0) is 16.0 Å². The largest absolute Gasteiger partial charge is 0.360 e. The standard InChI is InChI=1S/C24H27N3O2/c1-19-23(28)27(22-5-3-2-4-6-22)18-24(29-19)12-15-26(16-13-24)14-11-20-7-9-21(17-25)10-8-20/h2-10,19H,11-16,18H2,1H3. The van der Waals surface area contributed by atoms with E-state index in [9.17, 15) is 4.79 Å². The smallest absolute Gasteiger partial charge is 0.255 e. The first kappa shape index (κ1) is 19.6. The molecule has 2 aliphatic heterocycles. The number of anilines is 1. The van der Waals surface area contributed by atoms with E-state index in [0.29, 0.717) is 12.1 Å². The molecule has 0 bridgehead atoms. The molecular formula is C24H27N3O2. The number of benzene rings is 2. The summed E-state index contributed by atoms with van der Waals surface area (Å²) in [5.41, 5.74) is 2.66. The molecule has 4 rings (SSSR count). The summed E-state index contributed by atoms with van der Waals surface area (Å²) in [5.74, 6) is 0.0464. The van der Waals surface area contributed by atoms with Crippen LogP contribution in [0.15, 0.2) is 54.6 Å². The third kappa shape index (κ3) is 4.34. The molecule has 5 nitrogen and oxygen atoms in total. The van der Waals surface area contributed by atoms with Crippen molar-refractivity contribution in [2.45, 2.75) is 37.9 Å². The van der Waals surface area contributed by atoms with Gasteiger partial charge in [0.05, 0.1) is 23.8 Å². The number of carbonyl (C=O) groups is 1. The summed E-state index contributed by atoms with van der Waals surface area (Å²) in [6.45, 7) is 5.44. The van der Waals surface area contributed by atoms with Crippen molar-refractivity contribution in [2.24, 2.45) is 0 Å². The van der Waals surface area contributed by atoms with Gasteiger partial charge in [-0.3, -0.25) is 4.79 Å². The highest BCUT2D eigenvalue weighted by Crippen LogP contribution is 2.35. The summed E-state index contributed by atoms with van der Waals surface area (Å²) in [7, 11) is 0. The average molecular weight is 389 g/mol. The van der Waals surface area contributed by atoms with Gasteiger partial charge in [0.25, 0.3) is 5.91 Å². The third-order valence-corrected chi connectivity index (χ3v) is 6.12. The van der Waals surface area contributed by atoms with Crippen molar-refractivity contribution >= 4 is 11.6 Å². The van der Waals surface area contributed by atoms with Crippen LogP contribution in [0, 0.1) is 11.3 Å². The number of nitriles is 1. The molecule has 2 aliphatic rings. The van der Waals surface area contributed by atoms with Crippen LogP contribution in [0.1, 0.15) is 30.9 Å². The van der Waals surface area contributed by atoms with E-state index in [4.69, 9.17) is 10.00 Å². The fourth-order valence-corrected chi connectivity index (χ4v) is 4.37. The summed E-state index contributed by atoms with van der Waals surface area (Å²) in [5, 5.41) is 8.92. The number of ether oxygens (including phenoxy) is 1. The van der Waals surface area contributed by atoms with Gasteiger partial charge in [-0.25, -0.2) is 0 Å². The van der Waals surface area contributed by atoms with Crippen LogP contribution in [0.4, 0.5) is 5.69 Å². The Kier molecular flexibility index (Phi) is 5.66. The number of carbonyl (C=O) groups excluding carboxylic acids is 1. The third-order valence-electron chi connectivity index (χ3n) is 6.12. The fourth-order valence-electron chi connectivity index (χ4n) is 4.37. The number of hydrogen-bond acceptors (Lipinski definition) is 4. The number of amides is 1. The summed E-state index contributed by atoms with van der Waals surface area (Å²) in [4.78, 5) is 17.1. The van der Waals surface area contributed by atoms with E-state index in [1.165, 1.54) is 5.56 Å². The number of likely N-dealkylation sites (tertiary alicyclic amines) is 1. The van der Waals surface area contributed by atoms with Crippen molar-refractivity contribution in [2.75, 3.05) is 31.1 Å². The van der Waals surface area contributed by atoms with Gasteiger partial charge in [-0.15, -0.1) is 0 Å². The quantitative estimate of drug-likeness (QED) is 0.804. The number of para-hydroxylation sites is 1. The Morgan fingerprint density at radius 1 is 1.10 bits per heavy atom. The highest BCUT2D eigenvalue weighted by molar-refractivity contribution is 5.97. The highest BCUT2D eigenvalue weighted by atomic mass is 16.5. The lowest BCUT2D eigenvalue weighted by atomic mass is 9.88. The molecule has 1 spiro atoms. The normalized spacial score (nSPS) is 21.9. The Balaban J connectivity index is 1.36. The zero-order chi connectivity index (χ0) is 20.3. The van der Waals surface area contributed by atoms with Crippen LogP contribution in [0.5, 0.6) is 0 Å². The number of nitrogens with zero attached hydrogens (tertiary/aromatic N) is 3. The van der Waals surface area contributed by atoms with Crippen LogP contribution >= 0.6 is 0 Å². The van der Waals surface area contributed by atoms with Crippen molar-refractivity contribution in [3.8, 4) is 6.07 Å². The van der Waals surface area contributed by atoms with Gasteiger partial charge < -0.3 is 14.5 Å². The number of piperidine rings is 1. The Morgan fingerprint density at radius 2 is 1.79 bits per heavy atom. The van der Waals surface area contributed by atoms with Crippen molar-refractivity contribution in [3.05, 3.63) is 65.7 Å². The van der Waals surface area contributed by atoms with E-state index in [1.54, 1.807) is 0 Å². The molecule has 0 radical (unpaired) electrons. The lowest BCUT2D eigenvalue weighted by molar-refractivity contribution is -0.161. The first-order valence-corrected chi connectivity index (χ1v) is 10.3. The van der Waals surface area contributed by atoms with E-state index < -0.39 is 6.10 Å². The van der Waals surface area contributed by atoms with Crippen LogP contribution in [-0.4, -0.2) is 48.7 Å².